The SMILES string of the molecule is COC(=O)[C@@H](Cc1ccccc1Cl)NC(=O)[C@@H]1C[C@@H](O)CN1C(C)=O. The Morgan fingerprint density at radius 2 is 2.08 bits per heavy atom. The number of halogens is 1. The van der Waals surface area contributed by atoms with Crippen molar-refractivity contribution in [3.05, 3.63) is 34.9 Å². The van der Waals surface area contributed by atoms with Crippen molar-refractivity contribution < 1.29 is 24.2 Å². The van der Waals surface area contributed by atoms with E-state index in [0.717, 1.165) is 0 Å². The average Bonchev–Trinajstić information content (AvgIpc) is 2.97. The molecule has 2 amide bonds. The highest BCUT2D eigenvalue weighted by atomic mass is 35.5. The van der Waals surface area contributed by atoms with Crippen molar-refractivity contribution in [2.45, 2.75) is 38.0 Å². The third-order valence-electron chi connectivity index (χ3n) is 4.17. The molecule has 2 rings (SSSR count). The van der Waals surface area contributed by atoms with Gasteiger partial charge in [-0.25, -0.2) is 4.79 Å². The average molecular weight is 369 g/mol. The zero-order valence-electron chi connectivity index (χ0n) is 14.1. The van der Waals surface area contributed by atoms with Crippen molar-refractivity contribution in [3.63, 3.8) is 0 Å². The quantitative estimate of drug-likeness (QED) is 0.739. The number of esters is 1. The summed E-state index contributed by atoms with van der Waals surface area (Å²) in [6.07, 6.45) is -0.474. The first-order valence-corrected chi connectivity index (χ1v) is 8.28. The predicted molar refractivity (Wildman–Crippen MR) is 90.9 cm³/mol. The van der Waals surface area contributed by atoms with Gasteiger partial charge in [-0.2, -0.15) is 0 Å². The van der Waals surface area contributed by atoms with Crippen molar-refractivity contribution in [2.75, 3.05) is 13.7 Å². The minimum atomic E-state index is -0.941. The molecule has 1 fully saturated rings. The molecule has 0 radical (unpaired) electrons. The standard InChI is InChI=1S/C17H21ClN2O5/c1-10(21)20-9-12(22)8-15(20)16(23)19-14(17(24)25-2)7-11-5-3-4-6-13(11)18/h3-6,12,14-15,22H,7-9H2,1-2H3,(H,19,23)/t12-,14-,15+/m1/s1. The van der Waals surface area contributed by atoms with E-state index in [1.165, 1.54) is 18.9 Å². The molecule has 1 aliphatic rings. The van der Waals surface area contributed by atoms with Crippen LogP contribution in [0.4, 0.5) is 0 Å². The second kappa shape index (κ2) is 8.31. The third-order valence-corrected chi connectivity index (χ3v) is 4.54. The fraction of sp³-hybridized carbons (Fsp3) is 0.471. The Labute approximate surface area is 150 Å². The normalized spacial score (nSPS) is 20.9. The topological polar surface area (TPSA) is 95.9 Å². The number of ether oxygens (including phenoxy) is 1. The largest absolute Gasteiger partial charge is 0.467 e. The van der Waals surface area contributed by atoms with Crippen LogP contribution in [-0.2, 0) is 25.5 Å². The molecule has 1 heterocycles. The highest BCUT2D eigenvalue weighted by Gasteiger charge is 2.39. The van der Waals surface area contributed by atoms with Gasteiger partial charge in [0.2, 0.25) is 11.8 Å². The highest BCUT2D eigenvalue weighted by molar-refractivity contribution is 6.31. The maximum absolute atomic E-state index is 12.6. The second-order valence-electron chi connectivity index (χ2n) is 5.96. The molecule has 1 saturated heterocycles. The number of likely N-dealkylation sites (tertiary alicyclic amines) is 1. The first-order chi connectivity index (χ1) is 11.8. The highest BCUT2D eigenvalue weighted by Crippen LogP contribution is 2.20. The zero-order valence-corrected chi connectivity index (χ0v) is 14.8. The Morgan fingerprint density at radius 1 is 1.40 bits per heavy atom. The number of aliphatic hydroxyl groups is 1. The molecule has 0 spiro atoms. The van der Waals surface area contributed by atoms with E-state index in [-0.39, 0.29) is 25.3 Å². The Hall–Kier alpha value is -2.12. The molecule has 25 heavy (non-hydrogen) atoms. The number of carbonyl (C=O) groups is 3. The van der Waals surface area contributed by atoms with Gasteiger partial charge in [-0.3, -0.25) is 9.59 Å². The number of aliphatic hydroxyl groups excluding tert-OH is 1. The van der Waals surface area contributed by atoms with Crippen LogP contribution in [0, 0.1) is 0 Å². The zero-order chi connectivity index (χ0) is 18.6. The fourth-order valence-electron chi connectivity index (χ4n) is 2.90. The number of hydrogen-bond donors (Lipinski definition) is 2. The van der Waals surface area contributed by atoms with Gasteiger partial charge in [-0.15, -0.1) is 0 Å². The van der Waals surface area contributed by atoms with E-state index in [1.807, 2.05) is 0 Å². The van der Waals surface area contributed by atoms with Crippen LogP contribution in [0.3, 0.4) is 0 Å². The van der Waals surface area contributed by atoms with Crippen LogP contribution in [0.2, 0.25) is 5.02 Å². The van der Waals surface area contributed by atoms with E-state index < -0.39 is 30.1 Å². The van der Waals surface area contributed by atoms with Crippen molar-refractivity contribution in [1.82, 2.24) is 10.2 Å². The van der Waals surface area contributed by atoms with E-state index in [4.69, 9.17) is 16.3 Å². The van der Waals surface area contributed by atoms with Gasteiger partial charge in [-0.1, -0.05) is 29.8 Å². The Kier molecular flexibility index (Phi) is 6.39. The van der Waals surface area contributed by atoms with Gasteiger partial charge in [0.05, 0.1) is 13.2 Å². The Morgan fingerprint density at radius 3 is 2.68 bits per heavy atom. The maximum atomic E-state index is 12.6. The van der Waals surface area contributed by atoms with Crippen molar-refractivity contribution in [1.29, 1.82) is 0 Å². The molecule has 2 N–H and O–H groups in total. The summed E-state index contributed by atoms with van der Waals surface area (Å²) in [6.45, 7) is 1.43. The lowest BCUT2D eigenvalue weighted by atomic mass is 10.0. The number of benzene rings is 1. The summed E-state index contributed by atoms with van der Waals surface area (Å²) in [5, 5.41) is 12.8. The lowest BCUT2D eigenvalue weighted by molar-refractivity contribution is -0.146. The van der Waals surface area contributed by atoms with Crippen LogP contribution in [0.5, 0.6) is 0 Å². The number of carbonyl (C=O) groups excluding carboxylic acids is 3. The van der Waals surface area contributed by atoms with Crippen LogP contribution in [0.25, 0.3) is 0 Å². The molecule has 0 aromatic heterocycles. The summed E-state index contributed by atoms with van der Waals surface area (Å²) in [4.78, 5) is 37.5. The first-order valence-electron chi connectivity index (χ1n) is 7.90. The molecule has 0 saturated carbocycles. The van der Waals surface area contributed by atoms with E-state index in [0.29, 0.717) is 10.6 Å². The summed E-state index contributed by atoms with van der Waals surface area (Å²) >= 11 is 6.11. The molecule has 0 bridgehead atoms. The lowest BCUT2D eigenvalue weighted by Crippen LogP contribution is -2.51. The molecule has 7 nitrogen and oxygen atoms in total. The summed E-state index contributed by atoms with van der Waals surface area (Å²) in [5.74, 6) is -1.42. The lowest BCUT2D eigenvalue weighted by Gasteiger charge is -2.24. The van der Waals surface area contributed by atoms with Crippen LogP contribution < -0.4 is 5.32 Å². The number of rotatable bonds is 5. The Bertz CT molecular complexity index is 666. The minimum absolute atomic E-state index is 0.0980. The van der Waals surface area contributed by atoms with Crippen molar-refractivity contribution in [2.24, 2.45) is 0 Å². The van der Waals surface area contributed by atoms with E-state index in [1.54, 1.807) is 24.3 Å². The van der Waals surface area contributed by atoms with Crippen molar-refractivity contribution >= 4 is 29.4 Å². The predicted octanol–water partition coefficient (Wildman–Crippen LogP) is 0.522. The number of amides is 2. The number of nitrogens with one attached hydrogen (secondary N) is 1. The molecule has 1 aliphatic heterocycles. The molecule has 0 unspecified atom stereocenters. The third kappa shape index (κ3) is 4.70. The summed E-state index contributed by atoms with van der Waals surface area (Å²) in [5.41, 5.74) is 0.690. The minimum Gasteiger partial charge on any atom is -0.467 e. The van der Waals surface area contributed by atoms with Gasteiger partial charge in [0.15, 0.2) is 0 Å². The van der Waals surface area contributed by atoms with E-state index in [9.17, 15) is 19.5 Å². The molecule has 1 aromatic rings. The smallest absolute Gasteiger partial charge is 0.328 e. The van der Waals surface area contributed by atoms with Gasteiger partial charge < -0.3 is 20.1 Å². The van der Waals surface area contributed by atoms with Gasteiger partial charge in [0.25, 0.3) is 0 Å². The summed E-state index contributed by atoms with van der Waals surface area (Å²) in [7, 11) is 1.23. The number of hydrogen-bond acceptors (Lipinski definition) is 5. The molecule has 136 valence electrons. The molecule has 0 aliphatic carbocycles. The fourth-order valence-corrected chi connectivity index (χ4v) is 3.11. The number of methoxy groups -OCH3 is 1. The van der Waals surface area contributed by atoms with Gasteiger partial charge >= 0.3 is 5.97 Å². The first kappa shape index (κ1) is 19.2. The van der Waals surface area contributed by atoms with Gasteiger partial charge in [-0.05, 0) is 11.6 Å². The summed E-state index contributed by atoms with van der Waals surface area (Å²) in [6, 6.07) is 5.24. The number of β-amino-alcohol motifs (C(OH)–C–C–N with tert-alkyl or cyclic N) is 1. The second-order valence-corrected chi connectivity index (χ2v) is 6.36. The van der Waals surface area contributed by atoms with E-state index >= 15 is 0 Å². The van der Waals surface area contributed by atoms with E-state index in [2.05, 4.69) is 5.32 Å². The molecular formula is C17H21ClN2O5. The maximum Gasteiger partial charge on any atom is 0.328 e. The molecular weight excluding hydrogens is 348 g/mol. The molecule has 8 heteroatoms. The van der Waals surface area contributed by atoms with Crippen LogP contribution in [0.1, 0.15) is 18.9 Å². The molecule has 1 aromatic carbocycles. The van der Waals surface area contributed by atoms with Gasteiger partial charge in [0, 0.05) is 31.3 Å². The van der Waals surface area contributed by atoms with Gasteiger partial charge in [0.1, 0.15) is 12.1 Å². The monoisotopic (exact) mass is 368 g/mol. The Balaban J connectivity index is 2.14. The van der Waals surface area contributed by atoms with Crippen molar-refractivity contribution in [3.8, 4) is 0 Å². The van der Waals surface area contributed by atoms with Crippen LogP contribution in [-0.4, -0.2) is 59.6 Å². The number of nitrogens with zero attached hydrogens (tertiary/aromatic N) is 1. The van der Waals surface area contributed by atoms with Crippen LogP contribution >= 0.6 is 11.6 Å². The van der Waals surface area contributed by atoms with Crippen LogP contribution in [0.15, 0.2) is 24.3 Å². The summed E-state index contributed by atoms with van der Waals surface area (Å²) < 4.78 is 4.76. The molecule has 3 atom stereocenters.